The number of rotatable bonds is 4. The molecule has 20 heavy (non-hydrogen) atoms. The van der Waals surface area contributed by atoms with Gasteiger partial charge in [0.25, 0.3) is 5.91 Å². The first-order valence-corrected chi connectivity index (χ1v) is 7.02. The van der Waals surface area contributed by atoms with Gasteiger partial charge in [0.05, 0.1) is 18.3 Å². The minimum absolute atomic E-state index is 0.00727. The molecule has 110 valence electrons. The molecular formula is C15H22N2O3. The van der Waals surface area contributed by atoms with Gasteiger partial charge >= 0.3 is 0 Å². The van der Waals surface area contributed by atoms with E-state index in [1.807, 2.05) is 6.92 Å². The van der Waals surface area contributed by atoms with Crippen LogP contribution in [0, 0.1) is 6.92 Å². The largest absolute Gasteiger partial charge is 0.507 e. The number of hydrogen-bond donors (Lipinski definition) is 2. The van der Waals surface area contributed by atoms with Gasteiger partial charge < -0.3 is 15.2 Å². The Bertz CT molecular complexity index is 476. The maximum absolute atomic E-state index is 12.1. The Morgan fingerprint density at radius 1 is 1.55 bits per heavy atom. The number of aryl methyl sites for hydroxylation is 1. The Labute approximate surface area is 119 Å². The van der Waals surface area contributed by atoms with Crippen molar-refractivity contribution in [3.63, 3.8) is 0 Å². The minimum atomic E-state index is -0.261. The van der Waals surface area contributed by atoms with Gasteiger partial charge in [0, 0.05) is 19.6 Å². The Balaban J connectivity index is 1.90. The van der Waals surface area contributed by atoms with Crippen molar-refractivity contribution in [2.24, 2.45) is 0 Å². The first-order chi connectivity index (χ1) is 9.60. The Kier molecular flexibility index (Phi) is 4.98. The summed E-state index contributed by atoms with van der Waals surface area (Å²) in [5.41, 5.74) is 1.26. The SMILES string of the molecule is CCN1CCOC(CNC(=O)c2cc(C)ccc2O)C1. The van der Waals surface area contributed by atoms with Gasteiger partial charge in [-0.05, 0) is 25.6 Å². The van der Waals surface area contributed by atoms with E-state index in [4.69, 9.17) is 4.74 Å². The third-order valence-electron chi connectivity index (χ3n) is 3.56. The highest BCUT2D eigenvalue weighted by Gasteiger charge is 2.20. The summed E-state index contributed by atoms with van der Waals surface area (Å²) < 4.78 is 5.63. The number of hydrogen-bond acceptors (Lipinski definition) is 4. The lowest BCUT2D eigenvalue weighted by Gasteiger charge is -2.32. The number of nitrogens with zero attached hydrogens (tertiary/aromatic N) is 1. The highest BCUT2D eigenvalue weighted by Crippen LogP contribution is 2.17. The molecule has 1 aromatic rings. The summed E-state index contributed by atoms with van der Waals surface area (Å²) in [5, 5.41) is 12.6. The summed E-state index contributed by atoms with van der Waals surface area (Å²) in [6.07, 6.45) is 0.0135. The minimum Gasteiger partial charge on any atom is -0.507 e. The fourth-order valence-electron chi connectivity index (χ4n) is 2.32. The number of benzene rings is 1. The molecule has 1 unspecified atom stereocenters. The topological polar surface area (TPSA) is 61.8 Å². The fraction of sp³-hybridized carbons (Fsp3) is 0.533. The molecule has 5 nitrogen and oxygen atoms in total. The Morgan fingerprint density at radius 3 is 3.10 bits per heavy atom. The van der Waals surface area contributed by atoms with Crippen LogP contribution < -0.4 is 5.32 Å². The molecule has 1 aliphatic rings. The van der Waals surface area contributed by atoms with Gasteiger partial charge in [-0.3, -0.25) is 9.69 Å². The number of phenols is 1. The first kappa shape index (κ1) is 14.8. The van der Waals surface area contributed by atoms with Crippen LogP contribution in [0.1, 0.15) is 22.8 Å². The quantitative estimate of drug-likeness (QED) is 0.867. The van der Waals surface area contributed by atoms with E-state index < -0.39 is 0 Å². The number of likely N-dealkylation sites (N-methyl/N-ethyl adjacent to an activating group) is 1. The summed E-state index contributed by atoms with van der Waals surface area (Å²) >= 11 is 0. The summed E-state index contributed by atoms with van der Waals surface area (Å²) in [4.78, 5) is 14.4. The number of amides is 1. The van der Waals surface area contributed by atoms with Crippen molar-refractivity contribution in [3.05, 3.63) is 29.3 Å². The Morgan fingerprint density at radius 2 is 2.35 bits per heavy atom. The van der Waals surface area contributed by atoms with E-state index in [-0.39, 0.29) is 17.8 Å². The van der Waals surface area contributed by atoms with Crippen molar-refractivity contribution in [2.45, 2.75) is 20.0 Å². The summed E-state index contributed by atoms with van der Waals surface area (Å²) in [7, 11) is 0. The molecule has 1 aliphatic heterocycles. The molecule has 1 fully saturated rings. The monoisotopic (exact) mass is 278 g/mol. The predicted molar refractivity (Wildman–Crippen MR) is 77.0 cm³/mol. The number of phenolic OH excluding ortho intramolecular Hbond substituents is 1. The van der Waals surface area contributed by atoms with Crippen molar-refractivity contribution >= 4 is 5.91 Å². The fourth-order valence-corrected chi connectivity index (χ4v) is 2.32. The van der Waals surface area contributed by atoms with Crippen LogP contribution in [0.5, 0.6) is 5.75 Å². The van der Waals surface area contributed by atoms with E-state index in [2.05, 4.69) is 17.1 Å². The standard InChI is InChI=1S/C15H22N2O3/c1-3-17-6-7-20-12(10-17)9-16-15(19)13-8-11(2)4-5-14(13)18/h4-5,8,12,18H,3,6-7,9-10H2,1-2H3,(H,16,19). The molecule has 1 aromatic carbocycles. The van der Waals surface area contributed by atoms with Crippen molar-refractivity contribution in [2.75, 3.05) is 32.8 Å². The number of aromatic hydroxyl groups is 1. The van der Waals surface area contributed by atoms with Crippen LogP contribution in [0.15, 0.2) is 18.2 Å². The van der Waals surface area contributed by atoms with E-state index in [0.29, 0.717) is 18.7 Å². The summed E-state index contributed by atoms with van der Waals surface area (Å²) in [6.45, 7) is 7.93. The molecule has 0 radical (unpaired) electrons. The molecule has 2 rings (SSSR count). The van der Waals surface area contributed by atoms with Crippen LogP contribution >= 0.6 is 0 Å². The predicted octanol–water partition coefficient (Wildman–Crippen LogP) is 1.15. The van der Waals surface area contributed by atoms with Crippen LogP contribution in [0.2, 0.25) is 0 Å². The molecule has 1 heterocycles. The van der Waals surface area contributed by atoms with Crippen LogP contribution in [0.25, 0.3) is 0 Å². The molecule has 0 aliphatic carbocycles. The molecule has 0 spiro atoms. The van der Waals surface area contributed by atoms with Crippen molar-refractivity contribution < 1.29 is 14.6 Å². The molecule has 5 heteroatoms. The maximum atomic E-state index is 12.1. The number of morpholine rings is 1. The Hall–Kier alpha value is -1.59. The van der Waals surface area contributed by atoms with E-state index in [1.54, 1.807) is 18.2 Å². The number of carbonyl (C=O) groups is 1. The highest BCUT2D eigenvalue weighted by molar-refractivity contribution is 5.96. The second-order valence-corrected chi connectivity index (χ2v) is 5.12. The third kappa shape index (κ3) is 3.71. The molecule has 0 bridgehead atoms. The van der Waals surface area contributed by atoms with Crippen molar-refractivity contribution in [3.8, 4) is 5.75 Å². The van der Waals surface area contributed by atoms with Crippen LogP contribution in [-0.2, 0) is 4.74 Å². The zero-order valence-electron chi connectivity index (χ0n) is 12.1. The lowest BCUT2D eigenvalue weighted by atomic mass is 10.1. The van der Waals surface area contributed by atoms with E-state index in [1.165, 1.54) is 0 Å². The van der Waals surface area contributed by atoms with Crippen molar-refractivity contribution in [1.29, 1.82) is 0 Å². The second kappa shape index (κ2) is 6.72. The number of nitrogens with one attached hydrogen (secondary N) is 1. The molecule has 0 saturated carbocycles. The average Bonchev–Trinajstić information content (AvgIpc) is 2.47. The van der Waals surface area contributed by atoms with Crippen molar-refractivity contribution in [1.82, 2.24) is 10.2 Å². The molecule has 1 atom stereocenters. The normalized spacial score (nSPS) is 19.8. The second-order valence-electron chi connectivity index (χ2n) is 5.12. The average molecular weight is 278 g/mol. The van der Waals surface area contributed by atoms with Gasteiger partial charge in [0.2, 0.25) is 0 Å². The zero-order chi connectivity index (χ0) is 14.5. The number of carbonyl (C=O) groups excluding carboxylic acids is 1. The van der Waals surface area contributed by atoms with E-state index in [0.717, 1.165) is 25.2 Å². The molecule has 1 amide bonds. The smallest absolute Gasteiger partial charge is 0.255 e. The zero-order valence-corrected chi connectivity index (χ0v) is 12.1. The van der Waals surface area contributed by atoms with Gasteiger partial charge in [-0.15, -0.1) is 0 Å². The third-order valence-corrected chi connectivity index (χ3v) is 3.56. The molecule has 1 saturated heterocycles. The maximum Gasteiger partial charge on any atom is 0.255 e. The van der Waals surface area contributed by atoms with E-state index >= 15 is 0 Å². The van der Waals surface area contributed by atoms with Gasteiger partial charge in [0.1, 0.15) is 5.75 Å². The van der Waals surface area contributed by atoms with Crippen LogP contribution in [-0.4, -0.2) is 54.8 Å². The molecule has 0 aromatic heterocycles. The summed E-state index contributed by atoms with van der Waals surface area (Å²) in [6, 6.07) is 5.00. The van der Waals surface area contributed by atoms with Gasteiger partial charge in [-0.25, -0.2) is 0 Å². The van der Waals surface area contributed by atoms with E-state index in [9.17, 15) is 9.90 Å². The van der Waals surface area contributed by atoms with Crippen LogP contribution in [0.4, 0.5) is 0 Å². The van der Waals surface area contributed by atoms with Crippen LogP contribution in [0.3, 0.4) is 0 Å². The molecular weight excluding hydrogens is 256 g/mol. The van der Waals surface area contributed by atoms with Gasteiger partial charge in [-0.1, -0.05) is 18.6 Å². The van der Waals surface area contributed by atoms with Gasteiger partial charge in [0.15, 0.2) is 0 Å². The lowest BCUT2D eigenvalue weighted by Crippen LogP contribution is -2.47. The first-order valence-electron chi connectivity index (χ1n) is 7.02. The summed E-state index contributed by atoms with van der Waals surface area (Å²) in [5.74, 6) is -0.253. The highest BCUT2D eigenvalue weighted by atomic mass is 16.5. The lowest BCUT2D eigenvalue weighted by molar-refractivity contribution is -0.0246. The molecule has 2 N–H and O–H groups in total. The number of ether oxygens (including phenoxy) is 1. The van der Waals surface area contributed by atoms with Gasteiger partial charge in [-0.2, -0.15) is 0 Å².